The van der Waals surface area contributed by atoms with Crippen LogP contribution in [0.15, 0.2) is 47.1 Å². The molecule has 1 aromatic carbocycles. The molecule has 0 spiro atoms. The predicted molar refractivity (Wildman–Crippen MR) is 95.4 cm³/mol. The van der Waals surface area contributed by atoms with Gasteiger partial charge in [0, 0.05) is 11.8 Å². The van der Waals surface area contributed by atoms with Crippen molar-refractivity contribution in [2.75, 3.05) is 13.1 Å². The largest absolute Gasteiger partial charge is 0.343 e. The molecule has 0 aliphatic carbocycles. The average Bonchev–Trinajstić information content (AvgIpc) is 3.04. The highest BCUT2D eigenvalue weighted by atomic mass is 16.5. The fraction of sp³-hybridized carbons (Fsp3) is 0.263. The van der Waals surface area contributed by atoms with E-state index in [-0.39, 0.29) is 12.5 Å². The molecular formula is C19H19N5O2. The van der Waals surface area contributed by atoms with Crippen LogP contribution in [0.25, 0.3) is 11.5 Å². The van der Waals surface area contributed by atoms with E-state index in [1.54, 1.807) is 12.3 Å². The Balaban J connectivity index is 1.41. The Hall–Kier alpha value is -3.06. The van der Waals surface area contributed by atoms with Crippen molar-refractivity contribution in [1.29, 1.82) is 0 Å². The van der Waals surface area contributed by atoms with Crippen molar-refractivity contribution in [2.45, 2.75) is 19.4 Å². The number of carbonyl (C=O) groups is 1. The Kier molecular flexibility index (Phi) is 4.70. The number of carbonyl (C=O) groups excluding carboxylic acids is 1. The summed E-state index contributed by atoms with van der Waals surface area (Å²) in [7, 11) is 0. The summed E-state index contributed by atoms with van der Waals surface area (Å²) in [4.78, 5) is 20.9. The van der Waals surface area contributed by atoms with E-state index < -0.39 is 0 Å². The minimum absolute atomic E-state index is 0.150. The topological polar surface area (TPSA) is 92.9 Å². The first kappa shape index (κ1) is 16.4. The lowest BCUT2D eigenvalue weighted by Crippen LogP contribution is -2.23. The summed E-state index contributed by atoms with van der Waals surface area (Å²) in [6.07, 6.45) is 3.60. The van der Waals surface area contributed by atoms with Crippen molar-refractivity contribution in [3.8, 4) is 11.5 Å². The van der Waals surface area contributed by atoms with Gasteiger partial charge in [-0.25, -0.2) is 0 Å². The summed E-state index contributed by atoms with van der Waals surface area (Å²) in [6, 6.07) is 11.4. The van der Waals surface area contributed by atoms with Crippen LogP contribution in [-0.4, -0.2) is 34.1 Å². The van der Waals surface area contributed by atoms with Gasteiger partial charge in [0.25, 0.3) is 5.91 Å². The minimum atomic E-state index is -0.150. The van der Waals surface area contributed by atoms with Crippen molar-refractivity contribution in [3.05, 3.63) is 65.2 Å². The Bertz CT molecular complexity index is 907. The number of benzene rings is 1. The molecule has 3 heterocycles. The molecule has 1 aliphatic rings. The lowest BCUT2D eigenvalue weighted by molar-refractivity contribution is 0.0946. The van der Waals surface area contributed by atoms with Gasteiger partial charge in [-0.1, -0.05) is 17.3 Å². The van der Waals surface area contributed by atoms with E-state index in [1.807, 2.05) is 30.3 Å². The maximum atomic E-state index is 12.4. The van der Waals surface area contributed by atoms with Gasteiger partial charge in [0.15, 0.2) is 0 Å². The maximum absolute atomic E-state index is 12.4. The number of aromatic nitrogens is 3. The van der Waals surface area contributed by atoms with Crippen LogP contribution in [0.4, 0.5) is 0 Å². The quantitative estimate of drug-likeness (QED) is 0.745. The molecule has 2 N–H and O–H groups in total. The second kappa shape index (κ2) is 7.45. The zero-order valence-corrected chi connectivity index (χ0v) is 14.2. The van der Waals surface area contributed by atoms with Gasteiger partial charge < -0.3 is 15.2 Å². The summed E-state index contributed by atoms with van der Waals surface area (Å²) in [5, 5.41) is 10.1. The van der Waals surface area contributed by atoms with Gasteiger partial charge in [-0.15, -0.1) is 0 Å². The molecule has 0 fully saturated rings. The van der Waals surface area contributed by atoms with E-state index in [0.29, 0.717) is 23.0 Å². The van der Waals surface area contributed by atoms with Gasteiger partial charge >= 0.3 is 0 Å². The van der Waals surface area contributed by atoms with Crippen LogP contribution in [0, 0.1) is 0 Å². The highest BCUT2D eigenvalue weighted by Gasteiger charge is 2.14. The van der Waals surface area contributed by atoms with E-state index in [0.717, 1.165) is 25.9 Å². The molecule has 0 unspecified atom stereocenters. The Morgan fingerprint density at radius 3 is 2.88 bits per heavy atom. The number of pyridine rings is 1. The van der Waals surface area contributed by atoms with Crippen LogP contribution >= 0.6 is 0 Å². The third-order valence-electron chi connectivity index (χ3n) is 4.37. The molecule has 7 nitrogen and oxygen atoms in total. The third kappa shape index (κ3) is 3.62. The fourth-order valence-electron chi connectivity index (χ4n) is 3.00. The first-order valence-electron chi connectivity index (χ1n) is 8.64. The summed E-state index contributed by atoms with van der Waals surface area (Å²) >= 11 is 0. The number of nitrogens with one attached hydrogen (secondary N) is 2. The van der Waals surface area contributed by atoms with E-state index in [9.17, 15) is 4.79 Å². The Morgan fingerprint density at radius 2 is 2.04 bits per heavy atom. The van der Waals surface area contributed by atoms with E-state index in [2.05, 4.69) is 25.8 Å². The number of amides is 1. The molecule has 1 amide bonds. The molecule has 0 radical (unpaired) electrons. The monoisotopic (exact) mass is 349 g/mol. The summed E-state index contributed by atoms with van der Waals surface area (Å²) in [6.45, 7) is 2.10. The smallest absolute Gasteiger partial charge is 0.251 e. The fourth-order valence-corrected chi connectivity index (χ4v) is 3.00. The molecule has 4 rings (SSSR count). The molecular weight excluding hydrogens is 330 g/mol. The van der Waals surface area contributed by atoms with Gasteiger partial charge in [-0.3, -0.25) is 9.78 Å². The Labute approximate surface area is 150 Å². The van der Waals surface area contributed by atoms with Gasteiger partial charge in [-0.05, 0) is 61.3 Å². The minimum Gasteiger partial charge on any atom is -0.343 e. The molecule has 0 saturated carbocycles. The van der Waals surface area contributed by atoms with Crippen LogP contribution in [0.1, 0.15) is 27.4 Å². The first-order valence-corrected chi connectivity index (χ1v) is 8.64. The molecule has 132 valence electrons. The predicted octanol–water partition coefficient (Wildman–Crippen LogP) is 1.75. The molecule has 0 saturated heterocycles. The van der Waals surface area contributed by atoms with Crippen molar-refractivity contribution >= 4 is 5.91 Å². The average molecular weight is 349 g/mol. The van der Waals surface area contributed by atoms with Crippen molar-refractivity contribution < 1.29 is 9.32 Å². The SMILES string of the molecule is O=C(NCc1nc(-c2ccccn2)no1)c1ccc2c(c1)CCNCC2. The molecule has 26 heavy (non-hydrogen) atoms. The highest BCUT2D eigenvalue weighted by Crippen LogP contribution is 2.16. The van der Waals surface area contributed by atoms with Crippen LogP contribution in [-0.2, 0) is 19.4 Å². The van der Waals surface area contributed by atoms with Crippen LogP contribution in [0.5, 0.6) is 0 Å². The first-order chi connectivity index (χ1) is 12.8. The number of hydrogen-bond acceptors (Lipinski definition) is 6. The molecule has 7 heteroatoms. The molecule has 0 bridgehead atoms. The zero-order valence-electron chi connectivity index (χ0n) is 14.2. The standard InChI is InChI=1S/C19H19N5O2/c25-19(15-5-4-13-6-9-20-10-7-14(13)11-15)22-12-17-23-18(24-26-17)16-3-1-2-8-21-16/h1-5,8,11,20H,6-7,9-10,12H2,(H,22,25). The molecule has 1 aliphatic heterocycles. The summed E-state index contributed by atoms with van der Waals surface area (Å²) in [5.74, 6) is 0.605. The highest BCUT2D eigenvalue weighted by molar-refractivity contribution is 5.94. The Morgan fingerprint density at radius 1 is 1.15 bits per heavy atom. The van der Waals surface area contributed by atoms with Crippen LogP contribution in [0.2, 0.25) is 0 Å². The van der Waals surface area contributed by atoms with E-state index >= 15 is 0 Å². The van der Waals surface area contributed by atoms with Crippen molar-refractivity contribution in [1.82, 2.24) is 25.8 Å². The number of fused-ring (bicyclic) bond motifs is 1. The summed E-state index contributed by atoms with van der Waals surface area (Å²) in [5.41, 5.74) is 3.82. The van der Waals surface area contributed by atoms with Crippen LogP contribution < -0.4 is 10.6 Å². The molecule has 0 atom stereocenters. The van der Waals surface area contributed by atoms with E-state index in [4.69, 9.17) is 4.52 Å². The van der Waals surface area contributed by atoms with Gasteiger partial charge in [0.2, 0.25) is 11.7 Å². The molecule has 2 aromatic heterocycles. The van der Waals surface area contributed by atoms with Gasteiger partial charge in [0.1, 0.15) is 5.69 Å². The van der Waals surface area contributed by atoms with Gasteiger partial charge in [-0.2, -0.15) is 4.98 Å². The zero-order chi connectivity index (χ0) is 17.8. The number of nitrogens with zero attached hydrogens (tertiary/aromatic N) is 3. The summed E-state index contributed by atoms with van der Waals surface area (Å²) < 4.78 is 5.19. The van der Waals surface area contributed by atoms with Crippen LogP contribution in [0.3, 0.4) is 0 Å². The van der Waals surface area contributed by atoms with Crippen molar-refractivity contribution in [3.63, 3.8) is 0 Å². The second-order valence-electron chi connectivity index (χ2n) is 6.14. The van der Waals surface area contributed by atoms with Gasteiger partial charge in [0.05, 0.1) is 6.54 Å². The molecule has 3 aromatic rings. The van der Waals surface area contributed by atoms with Crippen molar-refractivity contribution in [2.24, 2.45) is 0 Å². The number of rotatable bonds is 4. The normalized spacial score (nSPS) is 13.7. The number of hydrogen-bond donors (Lipinski definition) is 2. The second-order valence-corrected chi connectivity index (χ2v) is 6.14. The lowest BCUT2D eigenvalue weighted by Gasteiger charge is -2.08. The lowest BCUT2D eigenvalue weighted by atomic mass is 10.00. The maximum Gasteiger partial charge on any atom is 0.251 e. The third-order valence-corrected chi connectivity index (χ3v) is 4.37. The van der Waals surface area contributed by atoms with E-state index in [1.165, 1.54) is 11.1 Å².